The minimum absolute atomic E-state index is 0.154. The van der Waals surface area contributed by atoms with Gasteiger partial charge in [-0.3, -0.25) is 9.78 Å². The minimum atomic E-state index is -3.26. The fraction of sp³-hybridized carbons (Fsp3) is 0.455. The summed E-state index contributed by atoms with van der Waals surface area (Å²) >= 11 is 12.6. The van der Waals surface area contributed by atoms with Crippen LogP contribution in [0.15, 0.2) is 18.2 Å². The Hall–Kier alpha value is -1.71. The van der Waals surface area contributed by atoms with E-state index in [1.807, 2.05) is 6.92 Å². The fourth-order valence-electron chi connectivity index (χ4n) is 4.83. The average Bonchev–Trinajstić information content (AvgIpc) is 3.40. The third kappa shape index (κ3) is 3.53. The van der Waals surface area contributed by atoms with Crippen molar-refractivity contribution in [2.45, 2.75) is 50.6 Å². The van der Waals surface area contributed by atoms with Gasteiger partial charge in [-0.2, -0.15) is 4.31 Å². The van der Waals surface area contributed by atoms with Crippen LogP contribution in [0.1, 0.15) is 46.6 Å². The van der Waals surface area contributed by atoms with E-state index in [9.17, 15) is 13.2 Å². The quantitative estimate of drug-likeness (QED) is 0.687. The zero-order chi connectivity index (χ0) is 22.8. The van der Waals surface area contributed by atoms with Gasteiger partial charge >= 0.3 is 0 Å². The lowest BCUT2D eigenvalue weighted by Gasteiger charge is -2.24. The first-order valence-electron chi connectivity index (χ1n) is 10.7. The van der Waals surface area contributed by atoms with Crippen LogP contribution in [0.3, 0.4) is 0 Å². The van der Waals surface area contributed by atoms with Crippen LogP contribution in [0.25, 0.3) is 11.1 Å². The van der Waals surface area contributed by atoms with Crippen LogP contribution in [-0.2, 0) is 23.1 Å². The Labute approximate surface area is 197 Å². The number of aromatic nitrogens is 1. The lowest BCUT2D eigenvalue weighted by molar-refractivity contribution is 0.0712. The highest BCUT2D eigenvalue weighted by Crippen LogP contribution is 2.41. The normalized spacial score (nSPS) is 21.4. The molecule has 1 aliphatic carbocycles. The Morgan fingerprint density at radius 2 is 1.94 bits per heavy atom. The van der Waals surface area contributed by atoms with Crippen molar-refractivity contribution in [3.63, 3.8) is 0 Å². The Kier molecular flexibility index (Phi) is 5.49. The van der Waals surface area contributed by atoms with E-state index in [1.54, 1.807) is 27.4 Å². The van der Waals surface area contributed by atoms with Crippen LogP contribution in [0.4, 0.5) is 0 Å². The highest BCUT2D eigenvalue weighted by atomic mass is 35.5. The topological polar surface area (TPSA) is 96.6 Å². The van der Waals surface area contributed by atoms with Gasteiger partial charge in [0.25, 0.3) is 5.91 Å². The molecule has 1 saturated carbocycles. The van der Waals surface area contributed by atoms with Crippen LogP contribution in [0.5, 0.6) is 0 Å². The van der Waals surface area contributed by atoms with Crippen LogP contribution in [0, 0.1) is 6.92 Å². The lowest BCUT2D eigenvalue weighted by atomic mass is 9.93. The summed E-state index contributed by atoms with van der Waals surface area (Å²) in [7, 11) is -3.26. The molecule has 1 aromatic heterocycles. The number of nitrogens with zero attached hydrogens (tertiary/aromatic N) is 3. The number of nitrogens with two attached hydrogens (primary N) is 1. The first-order chi connectivity index (χ1) is 15.2. The van der Waals surface area contributed by atoms with Gasteiger partial charge in [-0.1, -0.05) is 29.3 Å². The molecule has 2 N–H and O–H groups in total. The molecule has 10 heteroatoms. The molecule has 2 fully saturated rings. The molecule has 5 rings (SSSR count). The van der Waals surface area contributed by atoms with Crippen LogP contribution in [-0.4, -0.2) is 52.9 Å². The first kappa shape index (κ1) is 22.1. The van der Waals surface area contributed by atoms with Gasteiger partial charge in [-0.25, -0.2) is 8.42 Å². The second-order valence-corrected chi connectivity index (χ2v) is 11.7. The Balaban J connectivity index is 1.53. The van der Waals surface area contributed by atoms with Crippen molar-refractivity contribution in [2.24, 2.45) is 5.73 Å². The van der Waals surface area contributed by atoms with Gasteiger partial charge in [-0.05, 0) is 43.9 Å². The third-order valence-electron chi connectivity index (χ3n) is 6.65. The van der Waals surface area contributed by atoms with Crippen molar-refractivity contribution < 1.29 is 13.2 Å². The van der Waals surface area contributed by atoms with Crippen LogP contribution >= 0.6 is 23.2 Å². The molecule has 1 atom stereocenters. The fourth-order valence-corrected chi connectivity index (χ4v) is 7.23. The van der Waals surface area contributed by atoms with Gasteiger partial charge in [0, 0.05) is 52.5 Å². The molecule has 32 heavy (non-hydrogen) atoms. The van der Waals surface area contributed by atoms with Crippen LogP contribution < -0.4 is 5.73 Å². The average molecular weight is 495 g/mol. The summed E-state index contributed by atoms with van der Waals surface area (Å²) in [6.07, 6.45) is 2.08. The molecule has 0 bridgehead atoms. The summed E-state index contributed by atoms with van der Waals surface area (Å²) in [5.41, 5.74) is 10.2. The number of fused-ring (bicyclic) bond motifs is 1. The number of rotatable bonds is 5. The molecule has 1 unspecified atom stereocenters. The smallest absolute Gasteiger partial charge is 0.257 e. The molecule has 3 heterocycles. The van der Waals surface area contributed by atoms with Crippen molar-refractivity contribution in [3.8, 4) is 11.1 Å². The lowest BCUT2D eigenvalue weighted by Crippen LogP contribution is -2.39. The number of carbonyl (C=O) groups excluding carboxylic acids is 1. The summed E-state index contributed by atoms with van der Waals surface area (Å²) in [5.74, 6) is -0.154. The molecular weight excluding hydrogens is 471 g/mol. The molecule has 0 spiro atoms. The highest BCUT2D eigenvalue weighted by Gasteiger charge is 2.46. The number of hydrogen-bond donors (Lipinski definition) is 1. The number of sulfonamides is 1. The summed E-state index contributed by atoms with van der Waals surface area (Å²) < 4.78 is 26.9. The number of amides is 1. The predicted octanol–water partition coefficient (Wildman–Crippen LogP) is 3.34. The van der Waals surface area contributed by atoms with E-state index >= 15 is 0 Å². The number of carbonyl (C=O) groups is 1. The Morgan fingerprint density at radius 3 is 2.59 bits per heavy atom. The van der Waals surface area contributed by atoms with Gasteiger partial charge in [0.1, 0.15) is 0 Å². The molecule has 170 valence electrons. The summed E-state index contributed by atoms with van der Waals surface area (Å²) in [6.45, 7) is 3.21. The van der Waals surface area contributed by atoms with Gasteiger partial charge in [-0.15, -0.1) is 0 Å². The molecule has 3 aliphatic rings. The monoisotopic (exact) mass is 494 g/mol. The number of pyridine rings is 1. The maximum absolute atomic E-state index is 13.6. The van der Waals surface area contributed by atoms with Crippen molar-refractivity contribution in [1.29, 1.82) is 0 Å². The van der Waals surface area contributed by atoms with E-state index in [1.165, 1.54) is 0 Å². The number of hydrogen-bond acceptors (Lipinski definition) is 5. The van der Waals surface area contributed by atoms with Crippen LogP contribution in [0.2, 0.25) is 10.0 Å². The van der Waals surface area contributed by atoms with E-state index < -0.39 is 10.0 Å². The third-order valence-corrected chi connectivity index (χ3v) is 9.56. The summed E-state index contributed by atoms with van der Waals surface area (Å²) in [4.78, 5) is 20.1. The number of benzene rings is 1. The number of aryl methyl sites for hydroxylation is 1. The van der Waals surface area contributed by atoms with Gasteiger partial charge < -0.3 is 10.6 Å². The zero-order valence-electron chi connectivity index (χ0n) is 17.6. The number of halogens is 2. The van der Waals surface area contributed by atoms with E-state index in [0.29, 0.717) is 58.5 Å². The van der Waals surface area contributed by atoms with E-state index in [-0.39, 0.29) is 23.7 Å². The maximum atomic E-state index is 13.6. The first-order valence-corrected chi connectivity index (χ1v) is 13.0. The van der Waals surface area contributed by atoms with Crippen molar-refractivity contribution in [2.75, 3.05) is 13.1 Å². The van der Waals surface area contributed by atoms with Gasteiger partial charge in [0.05, 0.1) is 23.1 Å². The van der Waals surface area contributed by atoms with Crippen molar-refractivity contribution in [3.05, 3.63) is 50.8 Å². The summed E-state index contributed by atoms with van der Waals surface area (Å²) in [5, 5.41) is 0.697. The molecule has 1 amide bonds. The van der Waals surface area contributed by atoms with E-state index in [0.717, 1.165) is 24.1 Å². The molecule has 2 aromatic rings. The standard InChI is InChI=1S/C22H24Cl2N4O3S/c1-12-17(9-25)20(16-5-2-13(23)8-18(16)24)21-19(26-12)11-28(22(21)29)14-6-7-27(10-14)32(30,31)15-3-4-15/h2,5,8,14-15H,3-4,6-7,9-11,25H2,1H3. The molecule has 1 aromatic carbocycles. The SMILES string of the molecule is Cc1nc2c(c(-c3ccc(Cl)cc3Cl)c1CN)C(=O)N(C1CCN(S(=O)(=O)C3CC3)C1)C2. The largest absolute Gasteiger partial charge is 0.328 e. The minimum Gasteiger partial charge on any atom is -0.328 e. The summed E-state index contributed by atoms with van der Waals surface area (Å²) in [6, 6.07) is 5.00. The highest BCUT2D eigenvalue weighted by molar-refractivity contribution is 7.90. The Morgan fingerprint density at radius 1 is 1.19 bits per heavy atom. The second kappa shape index (κ2) is 7.95. The predicted molar refractivity (Wildman–Crippen MR) is 124 cm³/mol. The molecule has 0 radical (unpaired) electrons. The molecule has 7 nitrogen and oxygen atoms in total. The second-order valence-electron chi connectivity index (χ2n) is 8.68. The molecule has 2 aliphatic heterocycles. The van der Waals surface area contributed by atoms with Crippen molar-refractivity contribution >= 4 is 39.1 Å². The maximum Gasteiger partial charge on any atom is 0.257 e. The van der Waals surface area contributed by atoms with Gasteiger partial charge in [0.15, 0.2) is 0 Å². The van der Waals surface area contributed by atoms with E-state index in [4.69, 9.17) is 33.9 Å². The van der Waals surface area contributed by atoms with E-state index in [2.05, 4.69) is 0 Å². The van der Waals surface area contributed by atoms with Gasteiger partial charge in [0.2, 0.25) is 10.0 Å². The molecule has 1 saturated heterocycles. The Bertz CT molecular complexity index is 1230. The molecular formula is C22H24Cl2N4O3S. The van der Waals surface area contributed by atoms with Crippen molar-refractivity contribution in [1.82, 2.24) is 14.2 Å². The zero-order valence-corrected chi connectivity index (χ0v) is 20.0.